The van der Waals surface area contributed by atoms with Crippen molar-refractivity contribution in [2.75, 3.05) is 22.6 Å². The summed E-state index contributed by atoms with van der Waals surface area (Å²) in [7, 11) is 0. The molecule has 32 heavy (non-hydrogen) atoms. The first-order chi connectivity index (χ1) is 15.1. The predicted molar refractivity (Wildman–Crippen MR) is 118 cm³/mol. The monoisotopic (exact) mass is 443 g/mol. The Morgan fingerprint density at radius 3 is 2.47 bits per heavy atom. The summed E-state index contributed by atoms with van der Waals surface area (Å²) in [5.41, 5.74) is 0.160. The summed E-state index contributed by atoms with van der Waals surface area (Å²) in [5, 5.41) is 7.72. The Morgan fingerprint density at radius 2 is 1.78 bits per heavy atom. The van der Waals surface area contributed by atoms with Crippen molar-refractivity contribution >= 4 is 35.0 Å². The number of ether oxygens (including phenoxy) is 2. The molecule has 3 N–H and O–H groups in total. The molecule has 1 fully saturated rings. The van der Waals surface area contributed by atoms with Crippen LogP contribution in [0, 0.1) is 5.82 Å². The number of rotatable bonds is 5. The molecular formula is C23H26FN3O5. The van der Waals surface area contributed by atoms with Gasteiger partial charge in [-0.25, -0.2) is 9.18 Å². The summed E-state index contributed by atoms with van der Waals surface area (Å²) >= 11 is 0. The molecule has 3 rings (SSSR count). The maximum absolute atomic E-state index is 14.1. The lowest BCUT2D eigenvalue weighted by atomic mass is 10.1. The van der Waals surface area contributed by atoms with E-state index in [1.54, 1.807) is 39.0 Å². The van der Waals surface area contributed by atoms with Gasteiger partial charge in [0.1, 0.15) is 17.5 Å². The molecule has 0 aromatic heterocycles. The van der Waals surface area contributed by atoms with E-state index in [1.165, 1.54) is 18.2 Å². The molecule has 2 aromatic carbocycles. The molecule has 0 spiro atoms. The quantitative estimate of drug-likeness (QED) is 0.629. The molecule has 170 valence electrons. The fourth-order valence-corrected chi connectivity index (χ4v) is 3.06. The second kappa shape index (κ2) is 9.78. The molecule has 2 aromatic rings. The summed E-state index contributed by atoms with van der Waals surface area (Å²) in [5.74, 6) is -1.39. The second-order valence-electron chi connectivity index (χ2n) is 8.35. The van der Waals surface area contributed by atoms with E-state index < -0.39 is 29.5 Å². The normalized spacial score (nSPS) is 15.7. The second-order valence-corrected chi connectivity index (χ2v) is 8.35. The third-order valence-corrected chi connectivity index (χ3v) is 4.47. The third kappa shape index (κ3) is 6.52. The molecule has 3 amide bonds. The fraction of sp³-hybridized carbons (Fsp3) is 0.348. The average molecular weight is 443 g/mol. The Hall–Kier alpha value is -3.46. The lowest BCUT2D eigenvalue weighted by Crippen LogP contribution is -2.27. The van der Waals surface area contributed by atoms with Gasteiger partial charge in [0.2, 0.25) is 0 Å². The van der Waals surface area contributed by atoms with E-state index in [4.69, 9.17) is 9.47 Å². The minimum absolute atomic E-state index is 0.130. The van der Waals surface area contributed by atoms with Gasteiger partial charge < -0.3 is 20.1 Å². The first-order valence-electron chi connectivity index (χ1n) is 10.2. The number of carbonyl (C=O) groups is 3. The van der Waals surface area contributed by atoms with Gasteiger partial charge in [-0.05, 0) is 70.0 Å². The van der Waals surface area contributed by atoms with Gasteiger partial charge in [-0.3, -0.25) is 14.9 Å². The van der Waals surface area contributed by atoms with E-state index in [2.05, 4.69) is 16.0 Å². The van der Waals surface area contributed by atoms with Gasteiger partial charge in [0.05, 0.1) is 5.69 Å². The summed E-state index contributed by atoms with van der Waals surface area (Å²) in [6.07, 6.45) is 0.205. The first-order valence-corrected chi connectivity index (χ1v) is 10.2. The molecule has 1 saturated heterocycles. The molecular weight excluding hydrogens is 417 g/mol. The number of hydrogen-bond donors (Lipinski definition) is 3. The van der Waals surface area contributed by atoms with Crippen LogP contribution in [0.25, 0.3) is 0 Å². The van der Waals surface area contributed by atoms with Crippen molar-refractivity contribution < 1.29 is 28.2 Å². The molecule has 8 nitrogen and oxygen atoms in total. The zero-order valence-electron chi connectivity index (χ0n) is 18.2. The molecule has 1 unspecified atom stereocenters. The number of benzene rings is 2. The van der Waals surface area contributed by atoms with Crippen molar-refractivity contribution in [3.8, 4) is 0 Å². The van der Waals surface area contributed by atoms with E-state index >= 15 is 0 Å². The summed E-state index contributed by atoms with van der Waals surface area (Å²) in [4.78, 5) is 36.8. The highest BCUT2D eigenvalue weighted by molar-refractivity contribution is 6.06. The third-order valence-electron chi connectivity index (χ3n) is 4.47. The van der Waals surface area contributed by atoms with Crippen molar-refractivity contribution in [2.24, 2.45) is 0 Å². The smallest absolute Gasteiger partial charge is 0.412 e. The highest BCUT2D eigenvalue weighted by Crippen LogP contribution is 2.22. The van der Waals surface area contributed by atoms with Crippen molar-refractivity contribution in [1.82, 2.24) is 0 Å². The molecule has 0 aliphatic carbocycles. The zero-order chi connectivity index (χ0) is 23.3. The maximum atomic E-state index is 14.1. The summed E-state index contributed by atoms with van der Waals surface area (Å²) < 4.78 is 24.6. The minimum Gasteiger partial charge on any atom is -0.444 e. The predicted octanol–water partition coefficient (Wildman–Crippen LogP) is 4.54. The van der Waals surface area contributed by atoms with Gasteiger partial charge in [-0.1, -0.05) is 6.07 Å². The molecule has 1 heterocycles. The first kappa shape index (κ1) is 23.2. The Morgan fingerprint density at radius 1 is 1.03 bits per heavy atom. The van der Waals surface area contributed by atoms with Crippen LogP contribution < -0.4 is 16.0 Å². The lowest BCUT2D eigenvalue weighted by molar-refractivity contribution is -0.124. The molecule has 1 atom stereocenters. The number of hydrogen-bond acceptors (Lipinski definition) is 5. The standard InChI is InChI=1S/C23H26FN3O5/c1-23(2,3)32-22(30)27-18-13-16(9-10-17(18)24)25-20(28)14-6-4-7-15(12-14)26-21(29)19-8-5-11-31-19/h4,6-7,9-10,12-13,19H,5,8,11H2,1-3H3,(H,25,28)(H,26,29)(H,27,30). The zero-order valence-corrected chi connectivity index (χ0v) is 18.2. The van der Waals surface area contributed by atoms with Crippen LogP contribution in [0.4, 0.5) is 26.2 Å². The van der Waals surface area contributed by atoms with Crippen LogP contribution in [-0.2, 0) is 14.3 Å². The van der Waals surface area contributed by atoms with Crippen LogP contribution in [-0.4, -0.2) is 36.2 Å². The van der Waals surface area contributed by atoms with Gasteiger partial charge >= 0.3 is 6.09 Å². The van der Waals surface area contributed by atoms with Crippen LogP contribution >= 0.6 is 0 Å². The van der Waals surface area contributed by atoms with Crippen LogP contribution in [0.15, 0.2) is 42.5 Å². The van der Waals surface area contributed by atoms with E-state index in [-0.39, 0.29) is 17.3 Å². The van der Waals surface area contributed by atoms with E-state index in [0.717, 1.165) is 12.5 Å². The van der Waals surface area contributed by atoms with Gasteiger partial charge in [-0.15, -0.1) is 0 Å². The topological polar surface area (TPSA) is 106 Å². The average Bonchev–Trinajstić information content (AvgIpc) is 3.24. The van der Waals surface area contributed by atoms with Crippen molar-refractivity contribution in [3.63, 3.8) is 0 Å². The SMILES string of the molecule is CC(C)(C)OC(=O)Nc1cc(NC(=O)c2cccc(NC(=O)C3CCCO3)c2)ccc1F. The van der Waals surface area contributed by atoms with Crippen LogP contribution in [0.2, 0.25) is 0 Å². The van der Waals surface area contributed by atoms with E-state index in [0.29, 0.717) is 24.3 Å². The van der Waals surface area contributed by atoms with Crippen molar-refractivity contribution in [1.29, 1.82) is 0 Å². The summed E-state index contributed by atoms with van der Waals surface area (Å²) in [6.45, 7) is 5.63. The minimum atomic E-state index is -0.811. The fourth-order valence-electron chi connectivity index (χ4n) is 3.06. The summed E-state index contributed by atoms with van der Waals surface area (Å²) in [6, 6.07) is 10.2. The van der Waals surface area contributed by atoms with Crippen LogP contribution in [0.3, 0.4) is 0 Å². The van der Waals surface area contributed by atoms with Gasteiger partial charge in [-0.2, -0.15) is 0 Å². The van der Waals surface area contributed by atoms with E-state index in [9.17, 15) is 18.8 Å². The van der Waals surface area contributed by atoms with Crippen molar-refractivity contribution in [3.05, 3.63) is 53.8 Å². The molecule has 0 bridgehead atoms. The van der Waals surface area contributed by atoms with Crippen LogP contribution in [0.5, 0.6) is 0 Å². The van der Waals surface area contributed by atoms with Gasteiger partial charge in [0.15, 0.2) is 0 Å². The lowest BCUT2D eigenvalue weighted by Gasteiger charge is -2.20. The largest absolute Gasteiger partial charge is 0.444 e. The maximum Gasteiger partial charge on any atom is 0.412 e. The van der Waals surface area contributed by atoms with Crippen LogP contribution in [0.1, 0.15) is 44.0 Å². The Kier molecular flexibility index (Phi) is 7.09. The molecule has 1 aliphatic heterocycles. The molecule has 9 heteroatoms. The number of carbonyl (C=O) groups excluding carboxylic acids is 3. The Labute approximate surface area is 185 Å². The highest BCUT2D eigenvalue weighted by atomic mass is 19.1. The van der Waals surface area contributed by atoms with Gasteiger partial charge in [0, 0.05) is 23.5 Å². The number of amides is 3. The number of anilines is 3. The molecule has 1 aliphatic rings. The number of nitrogens with one attached hydrogen (secondary N) is 3. The molecule has 0 radical (unpaired) electrons. The Bertz CT molecular complexity index is 1010. The molecule has 0 saturated carbocycles. The number of halogens is 1. The van der Waals surface area contributed by atoms with Gasteiger partial charge in [0.25, 0.3) is 11.8 Å². The van der Waals surface area contributed by atoms with E-state index in [1.807, 2.05) is 0 Å². The Balaban J connectivity index is 1.66. The highest BCUT2D eigenvalue weighted by Gasteiger charge is 2.23. The van der Waals surface area contributed by atoms with Crippen molar-refractivity contribution in [2.45, 2.75) is 45.3 Å².